The highest BCUT2D eigenvalue weighted by atomic mass is 79.9. The molecule has 24 heavy (non-hydrogen) atoms. The van der Waals surface area contributed by atoms with Gasteiger partial charge in [0.25, 0.3) is 5.91 Å². The summed E-state index contributed by atoms with van der Waals surface area (Å²) >= 11 is 3.37. The van der Waals surface area contributed by atoms with E-state index in [0.717, 1.165) is 10.9 Å². The second-order valence-electron chi connectivity index (χ2n) is 7.23. The molecule has 1 unspecified atom stereocenters. The molecule has 0 bridgehead atoms. The predicted octanol–water partition coefficient (Wildman–Crippen LogP) is 2.50. The van der Waals surface area contributed by atoms with E-state index in [4.69, 9.17) is 5.73 Å². The SMILES string of the molecule is CN(CC(C)(C)CN)C(=O)C1CCCN1C(=O)c1ccc(Br)cc1. The van der Waals surface area contributed by atoms with E-state index in [-0.39, 0.29) is 23.3 Å². The third-order valence-electron chi connectivity index (χ3n) is 4.48. The molecule has 2 rings (SSSR count). The monoisotopic (exact) mass is 395 g/mol. The first-order chi connectivity index (χ1) is 11.2. The van der Waals surface area contributed by atoms with Crippen molar-refractivity contribution in [2.24, 2.45) is 11.1 Å². The average Bonchev–Trinajstić information content (AvgIpc) is 3.03. The molecule has 0 aromatic heterocycles. The normalized spacial score (nSPS) is 17.9. The molecule has 1 aromatic rings. The molecule has 1 aliphatic rings. The van der Waals surface area contributed by atoms with Crippen LogP contribution in [-0.2, 0) is 4.79 Å². The fraction of sp³-hybridized carbons (Fsp3) is 0.556. The maximum atomic E-state index is 12.8. The van der Waals surface area contributed by atoms with Gasteiger partial charge in [-0.1, -0.05) is 29.8 Å². The first-order valence-corrected chi connectivity index (χ1v) is 9.06. The zero-order valence-corrected chi connectivity index (χ0v) is 16.2. The van der Waals surface area contributed by atoms with Crippen molar-refractivity contribution >= 4 is 27.7 Å². The maximum Gasteiger partial charge on any atom is 0.254 e. The van der Waals surface area contributed by atoms with Crippen molar-refractivity contribution < 1.29 is 9.59 Å². The lowest BCUT2D eigenvalue weighted by Gasteiger charge is -2.33. The Hall–Kier alpha value is -1.40. The quantitative estimate of drug-likeness (QED) is 0.832. The van der Waals surface area contributed by atoms with Crippen molar-refractivity contribution in [1.82, 2.24) is 9.80 Å². The lowest BCUT2D eigenvalue weighted by molar-refractivity contribution is -0.135. The Balaban J connectivity index is 2.10. The summed E-state index contributed by atoms with van der Waals surface area (Å²) < 4.78 is 0.928. The van der Waals surface area contributed by atoms with Gasteiger partial charge in [0.2, 0.25) is 5.91 Å². The van der Waals surface area contributed by atoms with Crippen LogP contribution in [0.3, 0.4) is 0 Å². The molecule has 1 saturated heterocycles. The fourth-order valence-corrected chi connectivity index (χ4v) is 3.33. The van der Waals surface area contributed by atoms with Crippen molar-refractivity contribution in [2.45, 2.75) is 32.7 Å². The zero-order valence-electron chi connectivity index (χ0n) is 14.6. The highest BCUT2D eigenvalue weighted by molar-refractivity contribution is 9.10. The Morgan fingerprint density at radius 2 is 1.96 bits per heavy atom. The lowest BCUT2D eigenvalue weighted by atomic mass is 9.93. The van der Waals surface area contributed by atoms with Gasteiger partial charge in [0.15, 0.2) is 0 Å². The van der Waals surface area contributed by atoms with Crippen LogP contribution in [-0.4, -0.2) is 54.3 Å². The number of carbonyl (C=O) groups excluding carboxylic acids is 2. The molecular weight excluding hydrogens is 370 g/mol. The van der Waals surface area contributed by atoms with Crippen LogP contribution in [0.4, 0.5) is 0 Å². The summed E-state index contributed by atoms with van der Waals surface area (Å²) in [6.45, 7) is 5.79. The second-order valence-corrected chi connectivity index (χ2v) is 8.14. The minimum Gasteiger partial charge on any atom is -0.343 e. The number of nitrogens with zero attached hydrogens (tertiary/aromatic N) is 2. The number of rotatable bonds is 5. The van der Waals surface area contributed by atoms with Crippen LogP contribution in [0.5, 0.6) is 0 Å². The van der Waals surface area contributed by atoms with E-state index in [9.17, 15) is 9.59 Å². The van der Waals surface area contributed by atoms with Gasteiger partial charge < -0.3 is 15.5 Å². The maximum absolute atomic E-state index is 12.8. The first-order valence-electron chi connectivity index (χ1n) is 8.27. The van der Waals surface area contributed by atoms with Gasteiger partial charge in [-0.25, -0.2) is 0 Å². The number of benzene rings is 1. The smallest absolute Gasteiger partial charge is 0.254 e. The molecule has 1 fully saturated rings. The largest absolute Gasteiger partial charge is 0.343 e. The number of nitrogens with two attached hydrogens (primary N) is 1. The van der Waals surface area contributed by atoms with E-state index in [2.05, 4.69) is 15.9 Å². The van der Waals surface area contributed by atoms with E-state index in [1.54, 1.807) is 29.0 Å². The van der Waals surface area contributed by atoms with E-state index in [1.165, 1.54) is 0 Å². The average molecular weight is 396 g/mol. The van der Waals surface area contributed by atoms with Crippen molar-refractivity contribution in [3.05, 3.63) is 34.3 Å². The molecule has 1 atom stereocenters. The summed E-state index contributed by atoms with van der Waals surface area (Å²) in [5.74, 6) is -0.0793. The summed E-state index contributed by atoms with van der Waals surface area (Å²) in [6.07, 6.45) is 1.57. The van der Waals surface area contributed by atoms with Crippen LogP contribution in [0.1, 0.15) is 37.0 Å². The van der Waals surface area contributed by atoms with Gasteiger partial charge in [-0.3, -0.25) is 9.59 Å². The number of likely N-dealkylation sites (tertiary alicyclic amines) is 1. The van der Waals surface area contributed by atoms with Gasteiger partial charge in [-0.15, -0.1) is 0 Å². The minimum atomic E-state index is -0.375. The fourth-order valence-electron chi connectivity index (χ4n) is 3.06. The van der Waals surface area contributed by atoms with Gasteiger partial charge in [-0.2, -0.15) is 0 Å². The molecule has 2 N–H and O–H groups in total. The number of amides is 2. The zero-order chi connectivity index (χ0) is 17.9. The Kier molecular flexibility index (Phi) is 6.04. The number of likely N-dealkylation sites (N-methyl/N-ethyl adjacent to an activating group) is 1. The molecule has 1 aromatic carbocycles. The van der Waals surface area contributed by atoms with Crippen LogP contribution in [0.2, 0.25) is 0 Å². The second kappa shape index (κ2) is 7.66. The van der Waals surface area contributed by atoms with Gasteiger partial charge in [0, 0.05) is 30.2 Å². The summed E-state index contributed by atoms with van der Waals surface area (Å²) in [7, 11) is 1.79. The topological polar surface area (TPSA) is 66.6 Å². The molecule has 0 radical (unpaired) electrons. The summed E-state index contributed by atoms with van der Waals surface area (Å²) in [4.78, 5) is 29.0. The minimum absolute atomic E-state index is 0.000475. The third kappa shape index (κ3) is 4.36. The van der Waals surface area contributed by atoms with Gasteiger partial charge in [0.05, 0.1) is 0 Å². The molecule has 5 nitrogen and oxygen atoms in total. The molecule has 0 aliphatic carbocycles. The van der Waals surface area contributed by atoms with Gasteiger partial charge in [0.1, 0.15) is 6.04 Å². The molecule has 6 heteroatoms. The Morgan fingerprint density at radius 3 is 2.54 bits per heavy atom. The number of carbonyl (C=O) groups is 2. The van der Waals surface area contributed by atoms with E-state index < -0.39 is 0 Å². The van der Waals surface area contributed by atoms with Crippen LogP contribution in [0, 0.1) is 5.41 Å². The highest BCUT2D eigenvalue weighted by Gasteiger charge is 2.37. The molecule has 0 spiro atoms. The van der Waals surface area contributed by atoms with E-state index >= 15 is 0 Å². The van der Waals surface area contributed by atoms with Crippen molar-refractivity contribution in [1.29, 1.82) is 0 Å². The highest BCUT2D eigenvalue weighted by Crippen LogP contribution is 2.24. The third-order valence-corrected chi connectivity index (χ3v) is 5.01. The molecule has 0 saturated carbocycles. The Labute approximate surface area is 152 Å². The van der Waals surface area contributed by atoms with Crippen molar-refractivity contribution in [3.63, 3.8) is 0 Å². The van der Waals surface area contributed by atoms with Gasteiger partial charge in [-0.05, 0) is 49.1 Å². The van der Waals surface area contributed by atoms with E-state index in [1.807, 2.05) is 26.0 Å². The molecule has 1 aliphatic heterocycles. The summed E-state index contributed by atoms with van der Waals surface area (Å²) in [5.41, 5.74) is 6.24. The number of hydrogen-bond acceptors (Lipinski definition) is 3. The molecular formula is C18H26BrN3O2. The lowest BCUT2D eigenvalue weighted by Crippen LogP contribution is -2.49. The number of halogens is 1. The molecule has 1 heterocycles. The Morgan fingerprint density at radius 1 is 1.33 bits per heavy atom. The summed E-state index contributed by atoms with van der Waals surface area (Å²) in [6, 6.07) is 6.88. The Bertz CT molecular complexity index is 601. The van der Waals surface area contributed by atoms with Crippen LogP contribution >= 0.6 is 15.9 Å². The molecule has 132 valence electrons. The van der Waals surface area contributed by atoms with Gasteiger partial charge >= 0.3 is 0 Å². The standard InChI is InChI=1S/C18H26BrN3O2/c1-18(2,11-20)12-21(3)17(24)15-5-4-10-22(15)16(23)13-6-8-14(19)9-7-13/h6-9,15H,4-5,10-12,20H2,1-3H3. The van der Waals surface area contributed by atoms with E-state index in [0.29, 0.717) is 31.6 Å². The molecule has 2 amide bonds. The predicted molar refractivity (Wildman–Crippen MR) is 98.7 cm³/mol. The first kappa shape index (κ1) is 18.9. The number of hydrogen-bond donors (Lipinski definition) is 1. The summed E-state index contributed by atoms with van der Waals surface area (Å²) in [5, 5.41) is 0. The van der Waals surface area contributed by atoms with Crippen molar-refractivity contribution in [3.8, 4) is 0 Å². The van der Waals surface area contributed by atoms with Crippen molar-refractivity contribution in [2.75, 3.05) is 26.7 Å². The van der Waals surface area contributed by atoms with Crippen LogP contribution < -0.4 is 5.73 Å². The van der Waals surface area contributed by atoms with Crippen LogP contribution in [0.15, 0.2) is 28.7 Å². The van der Waals surface area contributed by atoms with Crippen LogP contribution in [0.25, 0.3) is 0 Å².